The van der Waals surface area contributed by atoms with Crippen molar-refractivity contribution < 1.29 is 37.1 Å². The van der Waals surface area contributed by atoms with Crippen molar-refractivity contribution in [3.8, 4) is 0 Å². The Kier molecular flexibility index (Phi) is 10.8. The first-order valence-electron chi connectivity index (χ1n) is 14.6. The van der Waals surface area contributed by atoms with E-state index in [4.69, 9.17) is 9.47 Å². The molecular weight excluding hydrogens is 620 g/mol. The Labute approximate surface area is 268 Å². The number of rotatable bonds is 9. The number of ether oxygens (including phenoxy) is 2. The molecule has 1 unspecified atom stereocenters. The summed E-state index contributed by atoms with van der Waals surface area (Å²) in [6.45, 7) is 7.35. The van der Waals surface area contributed by atoms with Gasteiger partial charge in [-0.25, -0.2) is 18.0 Å². The number of benzene rings is 2. The second-order valence-corrected chi connectivity index (χ2v) is 14.9. The fourth-order valence-corrected chi connectivity index (χ4v) is 7.88. The molecule has 0 saturated carbocycles. The number of carbonyl (C=O) groups excluding carboxylic acids is 4. The van der Waals surface area contributed by atoms with E-state index >= 15 is 0 Å². The second-order valence-electron chi connectivity index (χ2n) is 12.0. The van der Waals surface area contributed by atoms with Gasteiger partial charge in [0.25, 0.3) is 0 Å². The number of hydrogen-bond acceptors (Lipinski definition) is 9. The summed E-state index contributed by atoms with van der Waals surface area (Å²) in [6, 6.07) is 10.5. The zero-order valence-electron chi connectivity index (χ0n) is 26.1. The van der Waals surface area contributed by atoms with Crippen molar-refractivity contribution >= 4 is 51.3 Å². The van der Waals surface area contributed by atoms with E-state index in [9.17, 15) is 27.6 Å². The highest BCUT2D eigenvalue weighted by atomic mass is 32.2. The topological polar surface area (TPSA) is 151 Å². The molecule has 14 heteroatoms. The minimum absolute atomic E-state index is 0.0791. The van der Waals surface area contributed by atoms with Crippen molar-refractivity contribution in [1.29, 1.82) is 0 Å². The molecule has 2 aromatic carbocycles. The average Bonchev–Trinajstić information content (AvgIpc) is 3.68. The minimum atomic E-state index is -3.92. The van der Waals surface area contributed by atoms with Crippen LogP contribution in [0.4, 0.5) is 10.5 Å². The lowest BCUT2D eigenvalue weighted by Gasteiger charge is -2.27. The van der Waals surface area contributed by atoms with Crippen LogP contribution in [0.25, 0.3) is 0 Å². The summed E-state index contributed by atoms with van der Waals surface area (Å²) in [6.07, 6.45) is 0.362. The highest BCUT2D eigenvalue weighted by Crippen LogP contribution is 2.27. The van der Waals surface area contributed by atoms with E-state index in [0.717, 1.165) is 5.56 Å². The van der Waals surface area contributed by atoms with Gasteiger partial charge >= 0.3 is 12.1 Å². The Hall–Kier alpha value is -3.62. The summed E-state index contributed by atoms with van der Waals surface area (Å²) < 4.78 is 38.2. The lowest BCUT2D eigenvalue weighted by Crippen LogP contribution is -2.51. The number of hydrogen-bond donors (Lipinski definition) is 2. The molecule has 2 N–H and O–H groups in total. The maximum absolute atomic E-state index is 13.4. The van der Waals surface area contributed by atoms with Gasteiger partial charge in [0.05, 0.1) is 17.9 Å². The number of thioether (sulfide) groups is 1. The van der Waals surface area contributed by atoms with Gasteiger partial charge in [0.15, 0.2) is 0 Å². The fraction of sp³-hybridized carbons (Fsp3) is 0.484. The zero-order valence-corrected chi connectivity index (χ0v) is 27.7. The first-order valence-corrected chi connectivity index (χ1v) is 17.2. The Bertz CT molecular complexity index is 1510. The number of esters is 1. The molecule has 45 heavy (non-hydrogen) atoms. The van der Waals surface area contributed by atoms with Crippen molar-refractivity contribution in [2.24, 2.45) is 0 Å². The number of methoxy groups -OCH3 is 1. The maximum atomic E-state index is 13.4. The molecule has 3 atom stereocenters. The molecular formula is C31H40N4O8S2. The van der Waals surface area contributed by atoms with Crippen molar-refractivity contribution in [2.45, 2.75) is 75.6 Å². The molecule has 0 bridgehead atoms. The molecule has 12 nitrogen and oxygen atoms in total. The highest BCUT2D eigenvalue weighted by molar-refractivity contribution is 7.99. The van der Waals surface area contributed by atoms with E-state index in [1.165, 1.54) is 40.2 Å². The van der Waals surface area contributed by atoms with Crippen molar-refractivity contribution in [1.82, 2.24) is 14.5 Å². The molecule has 0 aromatic heterocycles. The Morgan fingerprint density at radius 2 is 1.67 bits per heavy atom. The van der Waals surface area contributed by atoms with E-state index in [2.05, 4.69) is 10.6 Å². The summed E-state index contributed by atoms with van der Waals surface area (Å²) in [5.74, 6) is -0.809. The minimum Gasteiger partial charge on any atom is -0.467 e. The molecule has 0 aliphatic carbocycles. The van der Waals surface area contributed by atoms with Crippen LogP contribution in [0, 0.1) is 6.92 Å². The summed E-state index contributed by atoms with van der Waals surface area (Å²) in [5.41, 5.74) is 1.40. The number of sulfonamides is 1. The molecule has 244 valence electrons. The average molecular weight is 661 g/mol. The summed E-state index contributed by atoms with van der Waals surface area (Å²) in [4.78, 5) is 53.1. The van der Waals surface area contributed by atoms with Crippen molar-refractivity contribution in [2.75, 3.05) is 30.6 Å². The van der Waals surface area contributed by atoms with Crippen LogP contribution in [-0.4, -0.2) is 90.5 Å². The first-order chi connectivity index (χ1) is 21.2. The van der Waals surface area contributed by atoms with Gasteiger partial charge in [-0.2, -0.15) is 4.31 Å². The van der Waals surface area contributed by atoms with Gasteiger partial charge in [0.1, 0.15) is 23.7 Å². The second kappa shape index (κ2) is 14.2. The molecule has 2 saturated heterocycles. The molecule has 2 fully saturated rings. The van der Waals surface area contributed by atoms with Crippen molar-refractivity contribution in [3.63, 3.8) is 0 Å². The van der Waals surface area contributed by atoms with E-state index in [0.29, 0.717) is 35.7 Å². The van der Waals surface area contributed by atoms with Crippen LogP contribution in [0.2, 0.25) is 0 Å². The number of carbonyl (C=O) groups is 4. The van der Waals surface area contributed by atoms with Gasteiger partial charge in [-0.3, -0.25) is 14.5 Å². The number of amides is 3. The predicted octanol–water partition coefficient (Wildman–Crippen LogP) is 3.30. The summed E-state index contributed by atoms with van der Waals surface area (Å²) in [7, 11) is -2.70. The third-order valence-electron chi connectivity index (χ3n) is 7.41. The van der Waals surface area contributed by atoms with E-state index in [-0.39, 0.29) is 23.8 Å². The molecule has 2 aliphatic rings. The third-order valence-corrected chi connectivity index (χ3v) is 10.3. The number of nitrogens with zero attached hydrogens (tertiary/aromatic N) is 2. The summed E-state index contributed by atoms with van der Waals surface area (Å²) in [5, 5.41) is 5.52. The largest absolute Gasteiger partial charge is 0.467 e. The lowest BCUT2D eigenvalue weighted by molar-refractivity contribution is -0.145. The van der Waals surface area contributed by atoms with Crippen LogP contribution in [-0.2, 0) is 40.3 Å². The molecule has 4 rings (SSSR count). The van der Waals surface area contributed by atoms with E-state index in [1.807, 2.05) is 6.92 Å². The number of anilines is 1. The predicted molar refractivity (Wildman–Crippen MR) is 170 cm³/mol. The van der Waals surface area contributed by atoms with Crippen LogP contribution in [0.3, 0.4) is 0 Å². The quantitative estimate of drug-likeness (QED) is 0.386. The van der Waals surface area contributed by atoms with Crippen LogP contribution < -0.4 is 10.6 Å². The van der Waals surface area contributed by atoms with Crippen LogP contribution in [0.15, 0.2) is 53.4 Å². The van der Waals surface area contributed by atoms with Crippen LogP contribution >= 0.6 is 11.8 Å². The van der Waals surface area contributed by atoms with Crippen molar-refractivity contribution in [3.05, 3.63) is 59.7 Å². The SMILES string of the molecule is COC(=O)[C@H](Cc1ccc(NC(=O)C2CSCN2C(=O)OC(C)(C)C)cc1)NC(=O)[C@H]1CCCN1S(=O)(=O)c1ccc(C)cc1. The smallest absolute Gasteiger partial charge is 0.411 e. The molecule has 3 amide bonds. The van der Waals surface area contributed by atoms with Gasteiger partial charge in [-0.1, -0.05) is 29.8 Å². The Balaban J connectivity index is 1.39. The van der Waals surface area contributed by atoms with Crippen LogP contribution in [0.5, 0.6) is 0 Å². The number of aryl methyl sites for hydroxylation is 1. The molecule has 2 heterocycles. The van der Waals surface area contributed by atoms with Gasteiger partial charge in [-0.05, 0) is 70.4 Å². The zero-order chi connectivity index (χ0) is 32.9. The normalized spacial score (nSPS) is 19.5. The van der Waals surface area contributed by atoms with Gasteiger partial charge < -0.3 is 20.1 Å². The molecule has 0 spiro atoms. The fourth-order valence-electron chi connectivity index (χ4n) is 5.08. The summed E-state index contributed by atoms with van der Waals surface area (Å²) >= 11 is 1.46. The highest BCUT2D eigenvalue weighted by Gasteiger charge is 2.41. The van der Waals surface area contributed by atoms with Gasteiger partial charge in [-0.15, -0.1) is 11.8 Å². The maximum Gasteiger partial charge on any atom is 0.411 e. The Morgan fingerprint density at radius 3 is 2.29 bits per heavy atom. The van der Waals surface area contributed by atoms with E-state index in [1.54, 1.807) is 57.2 Å². The molecule has 2 aromatic rings. The third kappa shape index (κ3) is 8.56. The molecule has 2 aliphatic heterocycles. The van der Waals surface area contributed by atoms with Gasteiger partial charge in [0.2, 0.25) is 21.8 Å². The monoisotopic (exact) mass is 660 g/mol. The van der Waals surface area contributed by atoms with Crippen LogP contribution in [0.1, 0.15) is 44.7 Å². The Morgan fingerprint density at radius 1 is 1.00 bits per heavy atom. The molecule has 0 radical (unpaired) electrons. The lowest BCUT2D eigenvalue weighted by atomic mass is 10.0. The number of nitrogens with one attached hydrogen (secondary N) is 2. The van der Waals surface area contributed by atoms with E-state index < -0.39 is 51.7 Å². The first kappa shape index (κ1) is 34.3. The standard InChI is InChI=1S/C31H40N4O8S2/c1-20-8-14-23(15-9-20)45(40,41)35-16-6-7-25(35)27(36)33-24(29(38)42-5)17-21-10-12-22(13-11-21)32-28(37)26-18-44-19-34(26)30(39)43-31(2,3)4/h8-15,24-26H,6-7,16-19H2,1-5H3,(H,32,37)(H,33,36)/t24-,25+,26?/m0/s1. The van der Waals surface area contributed by atoms with Gasteiger partial charge in [0, 0.05) is 24.4 Å².